The molecule has 0 bridgehead atoms. The van der Waals surface area contributed by atoms with Crippen LogP contribution in [-0.4, -0.2) is 61.1 Å². The summed E-state index contributed by atoms with van der Waals surface area (Å²) in [5.41, 5.74) is 6.10. The molecule has 1 amide bonds. The van der Waals surface area contributed by atoms with Gasteiger partial charge < -0.3 is 19.1 Å². The molecule has 0 spiro atoms. The van der Waals surface area contributed by atoms with Crippen LogP contribution in [0.25, 0.3) is 0 Å². The second-order valence-corrected chi connectivity index (χ2v) is 9.86. The van der Waals surface area contributed by atoms with Crippen LogP contribution in [0.2, 0.25) is 0 Å². The molecule has 2 aliphatic heterocycles. The number of hydrogen-bond donors (Lipinski definition) is 0. The van der Waals surface area contributed by atoms with Gasteiger partial charge in [0, 0.05) is 77.2 Å². The molecule has 0 fully saturated rings. The Balaban J connectivity index is 1.40. The molecule has 3 aromatic rings. The van der Waals surface area contributed by atoms with Crippen LogP contribution < -0.4 is 15.2 Å². The van der Waals surface area contributed by atoms with Gasteiger partial charge in [-0.2, -0.15) is 0 Å². The highest BCUT2D eigenvalue weighted by molar-refractivity contribution is 5.98. The Kier molecular flexibility index (Phi) is 6.83. The zero-order chi connectivity index (χ0) is 25.2. The van der Waals surface area contributed by atoms with Crippen molar-refractivity contribution >= 4 is 11.6 Å². The topological polar surface area (TPSA) is 58.0 Å². The first-order chi connectivity index (χ1) is 17.4. The first-order valence-corrected chi connectivity index (χ1v) is 12.6. The fourth-order valence-corrected chi connectivity index (χ4v) is 5.33. The molecule has 0 saturated carbocycles. The lowest BCUT2D eigenvalue weighted by Crippen LogP contribution is -2.38. The summed E-state index contributed by atoms with van der Waals surface area (Å²) in [5.74, 6) is 0.320. The van der Waals surface area contributed by atoms with Gasteiger partial charge in [0.25, 0.3) is 11.5 Å². The maximum atomic E-state index is 13.9. The summed E-state index contributed by atoms with van der Waals surface area (Å²) in [6.45, 7) is 4.11. The van der Waals surface area contributed by atoms with Crippen LogP contribution >= 0.6 is 0 Å². The quantitative estimate of drug-likeness (QED) is 0.555. The third-order valence-corrected chi connectivity index (χ3v) is 7.40. The van der Waals surface area contributed by atoms with Gasteiger partial charge in [-0.3, -0.25) is 14.5 Å². The van der Waals surface area contributed by atoms with Gasteiger partial charge in [0.2, 0.25) is 0 Å². The van der Waals surface area contributed by atoms with Gasteiger partial charge in [0.05, 0.1) is 7.11 Å². The highest BCUT2D eigenvalue weighted by Crippen LogP contribution is 2.28. The molecule has 2 aromatic carbocycles. The summed E-state index contributed by atoms with van der Waals surface area (Å²) in [5, 5.41) is 0. The fourth-order valence-electron chi connectivity index (χ4n) is 5.33. The molecule has 36 heavy (non-hydrogen) atoms. The average molecular weight is 487 g/mol. The Hall–Kier alpha value is -3.58. The number of benzene rings is 2. The number of ether oxygens (including phenoxy) is 1. The van der Waals surface area contributed by atoms with Crippen molar-refractivity contribution in [2.45, 2.75) is 32.5 Å². The van der Waals surface area contributed by atoms with E-state index >= 15 is 0 Å². The summed E-state index contributed by atoms with van der Waals surface area (Å²) >= 11 is 0. The van der Waals surface area contributed by atoms with Crippen LogP contribution in [0.3, 0.4) is 0 Å². The Labute approximate surface area is 212 Å². The van der Waals surface area contributed by atoms with Crippen molar-refractivity contribution in [3.63, 3.8) is 0 Å². The van der Waals surface area contributed by atoms with Gasteiger partial charge >= 0.3 is 0 Å². The minimum absolute atomic E-state index is 0.0576. The molecule has 1 aromatic heterocycles. The lowest BCUT2D eigenvalue weighted by atomic mass is 9.98. The number of pyridine rings is 1. The van der Waals surface area contributed by atoms with Gasteiger partial charge in [0.15, 0.2) is 0 Å². The smallest absolute Gasteiger partial charge is 0.259 e. The zero-order valence-corrected chi connectivity index (χ0v) is 21.4. The molecular formula is C29H34N4O3. The van der Waals surface area contributed by atoms with E-state index in [2.05, 4.69) is 46.2 Å². The van der Waals surface area contributed by atoms with Crippen LogP contribution in [-0.2, 0) is 32.5 Å². The molecule has 0 atom stereocenters. The SMILES string of the molecule is COc1cc(=O)n2c(c1C(=O)N1CCc3ccccc3C1)CCN(Cc1ccc(N(C)C)cc1)CC2. The molecule has 5 rings (SSSR count). The van der Waals surface area contributed by atoms with E-state index in [9.17, 15) is 9.59 Å². The third-order valence-electron chi connectivity index (χ3n) is 7.40. The van der Waals surface area contributed by atoms with Crippen LogP contribution in [0.5, 0.6) is 5.75 Å². The number of fused-ring (bicyclic) bond motifs is 2. The Bertz CT molecular complexity index is 1310. The molecule has 0 aliphatic carbocycles. The molecular weight excluding hydrogens is 452 g/mol. The van der Waals surface area contributed by atoms with E-state index < -0.39 is 0 Å². The Morgan fingerprint density at radius 3 is 2.42 bits per heavy atom. The second kappa shape index (κ2) is 10.2. The molecule has 7 nitrogen and oxygen atoms in total. The van der Waals surface area contributed by atoms with Crippen molar-refractivity contribution in [3.8, 4) is 5.75 Å². The lowest BCUT2D eigenvalue weighted by Gasteiger charge is -2.30. The summed E-state index contributed by atoms with van der Waals surface area (Å²) < 4.78 is 7.37. The van der Waals surface area contributed by atoms with Crippen molar-refractivity contribution in [1.29, 1.82) is 0 Å². The maximum absolute atomic E-state index is 13.9. The van der Waals surface area contributed by atoms with Crippen LogP contribution in [0.4, 0.5) is 5.69 Å². The normalized spacial score (nSPS) is 15.6. The van der Waals surface area contributed by atoms with Crippen molar-refractivity contribution in [3.05, 3.63) is 92.9 Å². The molecule has 0 radical (unpaired) electrons. The number of nitrogens with zero attached hydrogens (tertiary/aromatic N) is 4. The molecule has 188 valence electrons. The Morgan fingerprint density at radius 1 is 0.944 bits per heavy atom. The molecule has 0 saturated heterocycles. The van der Waals surface area contributed by atoms with Crippen molar-refractivity contribution in [2.75, 3.05) is 45.7 Å². The fraction of sp³-hybridized carbons (Fsp3) is 0.379. The highest BCUT2D eigenvalue weighted by atomic mass is 16.5. The first kappa shape index (κ1) is 24.1. The first-order valence-electron chi connectivity index (χ1n) is 12.6. The van der Waals surface area contributed by atoms with E-state index in [0.717, 1.165) is 31.7 Å². The predicted molar refractivity (Wildman–Crippen MR) is 142 cm³/mol. The van der Waals surface area contributed by atoms with Gasteiger partial charge in [-0.1, -0.05) is 36.4 Å². The molecule has 0 N–H and O–H groups in total. The van der Waals surface area contributed by atoms with Crippen LogP contribution in [0.1, 0.15) is 32.7 Å². The van der Waals surface area contributed by atoms with Gasteiger partial charge in [-0.05, 0) is 35.2 Å². The van der Waals surface area contributed by atoms with E-state index in [1.54, 1.807) is 4.57 Å². The number of methoxy groups -OCH3 is 1. The number of anilines is 1. The minimum Gasteiger partial charge on any atom is -0.496 e. The monoisotopic (exact) mass is 486 g/mol. The van der Waals surface area contributed by atoms with E-state index in [4.69, 9.17) is 4.74 Å². The van der Waals surface area contributed by atoms with E-state index in [-0.39, 0.29) is 11.5 Å². The number of hydrogen-bond acceptors (Lipinski definition) is 5. The number of aromatic nitrogens is 1. The van der Waals surface area contributed by atoms with Crippen LogP contribution in [0, 0.1) is 0 Å². The molecule has 3 heterocycles. The lowest BCUT2D eigenvalue weighted by molar-refractivity contribution is 0.0728. The average Bonchev–Trinajstić information content (AvgIpc) is 3.11. The molecule has 0 unspecified atom stereocenters. The van der Waals surface area contributed by atoms with E-state index in [1.165, 1.54) is 35.6 Å². The van der Waals surface area contributed by atoms with E-state index in [0.29, 0.717) is 37.4 Å². The van der Waals surface area contributed by atoms with Crippen molar-refractivity contribution < 1.29 is 9.53 Å². The van der Waals surface area contributed by atoms with Gasteiger partial charge in [-0.25, -0.2) is 0 Å². The maximum Gasteiger partial charge on any atom is 0.259 e. The number of carbonyl (C=O) groups is 1. The third kappa shape index (κ3) is 4.75. The highest BCUT2D eigenvalue weighted by Gasteiger charge is 2.30. The van der Waals surface area contributed by atoms with Crippen molar-refractivity contribution in [2.24, 2.45) is 0 Å². The number of carbonyl (C=O) groups excluding carboxylic acids is 1. The number of amides is 1. The standard InChI is InChI=1S/C29H34N4O3/c1-30(2)24-10-8-21(9-11-24)19-31-14-13-25-28(26(36-3)18-27(34)33(25)17-16-31)29(35)32-15-12-22-6-4-5-7-23(22)20-32/h4-11,18H,12-17,19-20H2,1-3H3. The summed E-state index contributed by atoms with van der Waals surface area (Å²) in [6, 6.07) is 18.3. The van der Waals surface area contributed by atoms with Gasteiger partial charge in [0.1, 0.15) is 11.3 Å². The summed E-state index contributed by atoms with van der Waals surface area (Å²) in [7, 11) is 5.61. The Morgan fingerprint density at radius 2 is 1.69 bits per heavy atom. The predicted octanol–water partition coefficient (Wildman–Crippen LogP) is 3.18. The van der Waals surface area contributed by atoms with Gasteiger partial charge in [-0.15, -0.1) is 0 Å². The zero-order valence-electron chi connectivity index (χ0n) is 21.4. The number of rotatable bonds is 5. The van der Waals surface area contributed by atoms with E-state index in [1.807, 2.05) is 31.1 Å². The second-order valence-electron chi connectivity index (χ2n) is 9.86. The molecule has 7 heteroatoms. The summed E-state index contributed by atoms with van der Waals surface area (Å²) in [6.07, 6.45) is 1.45. The molecule has 2 aliphatic rings. The minimum atomic E-state index is -0.112. The largest absolute Gasteiger partial charge is 0.496 e. The summed E-state index contributed by atoms with van der Waals surface area (Å²) in [4.78, 5) is 33.2. The van der Waals surface area contributed by atoms with Crippen LogP contribution in [0.15, 0.2) is 59.4 Å². The van der Waals surface area contributed by atoms with Crippen molar-refractivity contribution in [1.82, 2.24) is 14.4 Å².